The van der Waals surface area contributed by atoms with Crippen LogP contribution in [-0.4, -0.2) is 81.6 Å². The lowest BCUT2D eigenvalue weighted by Gasteiger charge is -2.38. The van der Waals surface area contributed by atoms with Gasteiger partial charge in [0.2, 0.25) is 0 Å². The van der Waals surface area contributed by atoms with E-state index in [1.54, 1.807) is 4.90 Å². The Bertz CT molecular complexity index is 367. The van der Waals surface area contributed by atoms with E-state index in [9.17, 15) is 9.59 Å². The number of carbonyl (C=O) groups is 2. The van der Waals surface area contributed by atoms with Crippen molar-refractivity contribution >= 4 is 23.8 Å². The summed E-state index contributed by atoms with van der Waals surface area (Å²) in [6.07, 6.45) is -0.556. The SMILES string of the molecule is CC1CN(C(=O)N2CSCC2C(=O)O)CC(CO)O1. The Kier molecular flexibility index (Phi) is 4.54. The Hall–Kier alpha value is -0.990. The molecule has 0 aromatic carbocycles. The summed E-state index contributed by atoms with van der Waals surface area (Å²) in [7, 11) is 0. The van der Waals surface area contributed by atoms with Crippen LogP contribution in [-0.2, 0) is 9.53 Å². The van der Waals surface area contributed by atoms with Gasteiger partial charge in [-0.1, -0.05) is 0 Å². The number of hydrogen-bond donors (Lipinski definition) is 2. The summed E-state index contributed by atoms with van der Waals surface area (Å²) in [6, 6.07) is -1.05. The highest BCUT2D eigenvalue weighted by molar-refractivity contribution is 7.99. The fourth-order valence-electron chi connectivity index (χ4n) is 2.32. The zero-order chi connectivity index (χ0) is 14.0. The van der Waals surface area contributed by atoms with Gasteiger partial charge in [-0.2, -0.15) is 0 Å². The molecule has 2 saturated heterocycles. The number of amides is 2. The van der Waals surface area contributed by atoms with E-state index in [0.717, 1.165) is 0 Å². The predicted octanol–water partition coefficient (Wildman–Crippen LogP) is -0.352. The summed E-state index contributed by atoms with van der Waals surface area (Å²) in [4.78, 5) is 26.4. The molecule has 108 valence electrons. The number of nitrogens with zero attached hydrogens (tertiary/aromatic N) is 2. The van der Waals surface area contributed by atoms with Gasteiger partial charge in [0.15, 0.2) is 0 Å². The van der Waals surface area contributed by atoms with Gasteiger partial charge in [-0.05, 0) is 6.92 Å². The highest BCUT2D eigenvalue weighted by Gasteiger charge is 2.39. The summed E-state index contributed by atoms with van der Waals surface area (Å²) in [5.41, 5.74) is 0. The molecule has 7 nitrogen and oxygen atoms in total. The number of hydrogen-bond acceptors (Lipinski definition) is 5. The van der Waals surface area contributed by atoms with E-state index < -0.39 is 18.1 Å². The van der Waals surface area contributed by atoms with Crippen LogP contribution in [0, 0.1) is 0 Å². The number of ether oxygens (including phenoxy) is 1. The third kappa shape index (κ3) is 3.13. The Labute approximate surface area is 115 Å². The predicted molar refractivity (Wildman–Crippen MR) is 69.0 cm³/mol. The van der Waals surface area contributed by atoms with E-state index in [1.165, 1.54) is 16.7 Å². The zero-order valence-corrected chi connectivity index (χ0v) is 11.5. The first-order valence-corrected chi connectivity index (χ1v) is 7.30. The van der Waals surface area contributed by atoms with Crippen LogP contribution >= 0.6 is 11.8 Å². The first kappa shape index (κ1) is 14.4. The van der Waals surface area contributed by atoms with Gasteiger partial charge in [-0.25, -0.2) is 9.59 Å². The van der Waals surface area contributed by atoms with Crippen molar-refractivity contribution < 1.29 is 24.5 Å². The zero-order valence-electron chi connectivity index (χ0n) is 10.7. The molecule has 2 amide bonds. The molecule has 2 fully saturated rings. The van der Waals surface area contributed by atoms with Gasteiger partial charge in [0, 0.05) is 12.3 Å². The smallest absolute Gasteiger partial charge is 0.327 e. The molecule has 19 heavy (non-hydrogen) atoms. The van der Waals surface area contributed by atoms with E-state index in [-0.39, 0.29) is 18.7 Å². The molecule has 2 aliphatic rings. The third-order valence-corrected chi connectivity index (χ3v) is 4.23. The molecule has 2 rings (SSSR count). The molecule has 0 bridgehead atoms. The van der Waals surface area contributed by atoms with Gasteiger partial charge in [0.25, 0.3) is 0 Å². The van der Waals surface area contributed by atoms with Crippen LogP contribution in [0.1, 0.15) is 6.92 Å². The van der Waals surface area contributed by atoms with Crippen LogP contribution in [0.25, 0.3) is 0 Å². The minimum Gasteiger partial charge on any atom is -0.480 e. The van der Waals surface area contributed by atoms with Crippen molar-refractivity contribution in [2.45, 2.75) is 25.2 Å². The molecule has 0 radical (unpaired) electrons. The lowest BCUT2D eigenvalue weighted by atomic mass is 10.2. The fourth-order valence-corrected chi connectivity index (χ4v) is 3.46. The number of thioether (sulfide) groups is 1. The highest BCUT2D eigenvalue weighted by atomic mass is 32.2. The van der Waals surface area contributed by atoms with Crippen molar-refractivity contribution in [1.29, 1.82) is 0 Å². The summed E-state index contributed by atoms with van der Waals surface area (Å²) in [5.74, 6) is -0.159. The van der Waals surface area contributed by atoms with Gasteiger partial charge in [-0.3, -0.25) is 0 Å². The van der Waals surface area contributed by atoms with Gasteiger partial charge >= 0.3 is 12.0 Å². The lowest BCUT2D eigenvalue weighted by Crippen LogP contribution is -2.56. The lowest BCUT2D eigenvalue weighted by molar-refractivity contribution is -0.141. The van der Waals surface area contributed by atoms with Crippen molar-refractivity contribution in [3.8, 4) is 0 Å². The minimum atomic E-state index is -0.974. The topological polar surface area (TPSA) is 90.3 Å². The molecule has 2 heterocycles. The first-order chi connectivity index (χ1) is 9.02. The highest BCUT2D eigenvalue weighted by Crippen LogP contribution is 2.24. The Morgan fingerprint density at radius 3 is 2.79 bits per heavy atom. The maximum Gasteiger partial charge on any atom is 0.327 e. The molecular formula is C11H18N2O5S. The van der Waals surface area contributed by atoms with Gasteiger partial charge in [0.05, 0.1) is 31.2 Å². The molecule has 2 aliphatic heterocycles. The molecular weight excluding hydrogens is 272 g/mol. The summed E-state index contributed by atoms with van der Waals surface area (Å²) >= 11 is 1.44. The first-order valence-electron chi connectivity index (χ1n) is 6.15. The van der Waals surface area contributed by atoms with Crippen molar-refractivity contribution in [3.05, 3.63) is 0 Å². The summed E-state index contributed by atoms with van der Waals surface area (Å²) in [6.45, 7) is 2.40. The van der Waals surface area contributed by atoms with Crippen LogP contribution in [0.15, 0.2) is 0 Å². The number of morpholine rings is 1. The molecule has 3 atom stereocenters. The second-order valence-corrected chi connectivity index (χ2v) is 5.76. The average Bonchev–Trinajstić information content (AvgIpc) is 2.86. The molecule has 0 spiro atoms. The minimum absolute atomic E-state index is 0.148. The van der Waals surface area contributed by atoms with E-state index in [1.807, 2.05) is 6.92 Å². The van der Waals surface area contributed by atoms with E-state index in [0.29, 0.717) is 24.7 Å². The average molecular weight is 290 g/mol. The van der Waals surface area contributed by atoms with Crippen molar-refractivity contribution in [1.82, 2.24) is 9.80 Å². The van der Waals surface area contributed by atoms with Crippen molar-refractivity contribution in [2.75, 3.05) is 31.3 Å². The standard InChI is InChI=1S/C11H18N2O5S/c1-7-2-12(3-8(4-14)18-7)11(17)13-6-19-5-9(13)10(15)16/h7-9,14H,2-6H2,1H3,(H,15,16). The van der Waals surface area contributed by atoms with E-state index >= 15 is 0 Å². The summed E-state index contributed by atoms with van der Waals surface area (Å²) in [5, 5.41) is 18.2. The number of carbonyl (C=O) groups excluding carboxylic acids is 1. The second kappa shape index (κ2) is 5.98. The van der Waals surface area contributed by atoms with Crippen molar-refractivity contribution in [3.63, 3.8) is 0 Å². The Morgan fingerprint density at radius 2 is 2.16 bits per heavy atom. The van der Waals surface area contributed by atoms with Crippen LogP contribution in [0.3, 0.4) is 0 Å². The molecule has 0 aromatic rings. The molecule has 2 N–H and O–H groups in total. The number of aliphatic hydroxyl groups is 1. The number of aliphatic carboxylic acids is 1. The monoisotopic (exact) mass is 290 g/mol. The summed E-state index contributed by atoms with van der Waals surface area (Å²) < 4.78 is 5.47. The molecule has 0 aliphatic carbocycles. The number of carboxylic acid groups (broad SMARTS) is 1. The van der Waals surface area contributed by atoms with E-state index in [2.05, 4.69) is 0 Å². The maximum absolute atomic E-state index is 12.4. The largest absolute Gasteiger partial charge is 0.480 e. The van der Waals surface area contributed by atoms with Crippen LogP contribution in [0.2, 0.25) is 0 Å². The maximum atomic E-state index is 12.4. The quantitative estimate of drug-likeness (QED) is 0.722. The van der Waals surface area contributed by atoms with Crippen LogP contribution < -0.4 is 0 Å². The van der Waals surface area contributed by atoms with Gasteiger partial charge < -0.3 is 24.7 Å². The Morgan fingerprint density at radius 1 is 1.42 bits per heavy atom. The molecule has 0 aromatic heterocycles. The molecule has 8 heteroatoms. The van der Waals surface area contributed by atoms with Gasteiger partial charge in [0.1, 0.15) is 6.04 Å². The molecule has 0 saturated carbocycles. The number of rotatable bonds is 2. The number of carboxylic acids is 1. The van der Waals surface area contributed by atoms with Gasteiger partial charge in [-0.15, -0.1) is 11.8 Å². The fraction of sp³-hybridized carbons (Fsp3) is 0.818. The second-order valence-electron chi connectivity index (χ2n) is 4.76. The van der Waals surface area contributed by atoms with Crippen LogP contribution in [0.5, 0.6) is 0 Å². The molecule has 3 unspecified atom stereocenters. The van der Waals surface area contributed by atoms with Crippen LogP contribution in [0.4, 0.5) is 4.79 Å². The third-order valence-electron chi connectivity index (χ3n) is 3.21. The van der Waals surface area contributed by atoms with Crippen molar-refractivity contribution in [2.24, 2.45) is 0 Å². The number of aliphatic hydroxyl groups excluding tert-OH is 1. The Balaban J connectivity index is 2.04. The van der Waals surface area contributed by atoms with E-state index in [4.69, 9.17) is 14.9 Å². The normalized spacial score (nSPS) is 31.6. The number of urea groups is 1.